The van der Waals surface area contributed by atoms with Crippen molar-refractivity contribution in [1.82, 2.24) is 10.2 Å². The van der Waals surface area contributed by atoms with Gasteiger partial charge in [-0.3, -0.25) is 9.59 Å². The molecule has 1 aromatic carbocycles. The number of hydrogen-bond acceptors (Lipinski definition) is 4. The maximum Gasteiger partial charge on any atom is 0.266 e. The van der Waals surface area contributed by atoms with Crippen molar-refractivity contribution in [3.63, 3.8) is 0 Å². The van der Waals surface area contributed by atoms with Gasteiger partial charge in [-0.25, -0.2) is 0 Å². The van der Waals surface area contributed by atoms with E-state index >= 15 is 0 Å². The van der Waals surface area contributed by atoms with E-state index in [-0.39, 0.29) is 17.7 Å². The molecule has 1 aromatic rings. The van der Waals surface area contributed by atoms with Gasteiger partial charge < -0.3 is 15.1 Å². The number of hydrogen-bond donors (Lipinski definition) is 1. The molecule has 3 rings (SSSR count). The molecule has 26 heavy (non-hydrogen) atoms. The molecule has 1 saturated heterocycles. The summed E-state index contributed by atoms with van der Waals surface area (Å²) in [5.41, 5.74) is 1.34. The molecule has 0 unspecified atom stereocenters. The van der Waals surface area contributed by atoms with Crippen LogP contribution in [0.4, 0.5) is 0 Å². The Hall–Kier alpha value is -1.79. The molecule has 2 amide bonds. The average molecular weight is 398 g/mol. The van der Waals surface area contributed by atoms with E-state index in [4.69, 9.17) is 28.0 Å². The highest BCUT2D eigenvalue weighted by atomic mass is 35.5. The number of piperidine rings is 1. The molecule has 0 aliphatic carbocycles. The fourth-order valence-electron chi connectivity index (χ4n) is 3.31. The van der Waals surface area contributed by atoms with E-state index in [1.54, 1.807) is 23.1 Å². The minimum Gasteiger partial charge on any atom is -0.382 e. The number of carbonyl (C=O) groups is 2. The average Bonchev–Trinajstić information content (AvgIpc) is 3.11. The Balaban J connectivity index is 1.62. The molecule has 2 heterocycles. The molecular formula is C18H21Cl2N3O3. The molecule has 1 fully saturated rings. The molecule has 0 spiro atoms. The Bertz CT molecular complexity index is 738. The van der Waals surface area contributed by atoms with Crippen LogP contribution in [-0.4, -0.2) is 48.2 Å². The topological polar surface area (TPSA) is 71.0 Å². The van der Waals surface area contributed by atoms with Gasteiger partial charge in [0, 0.05) is 36.6 Å². The molecule has 6 nitrogen and oxygen atoms in total. The van der Waals surface area contributed by atoms with Crippen LogP contribution in [0.25, 0.3) is 0 Å². The van der Waals surface area contributed by atoms with Crippen LogP contribution >= 0.6 is 23.2 Å². The summed E-state index contributed by atoms with van der Waals surface area (Å²) in [6, 6.07) is 5.13. The van der Waals surface area contributed by atoms with Crippen LogP contribution < -0.4 is 5.32 Å². The van der Waals surface area contributed by atoms with Crippen molar-refractivity contribution in [3.05, 3.63) is 33.8 Å². The molecule has 0 saturated carbocycles. The largest absolute Gasteiger partial charge is 0.382 e. The second kappa shape index (κ2) is 8.27. The highest BCUT2D eigenvalue weighted by molar-refractivity contribution is 6.37. The summed E-state index contributed by atoms with van der Waals surface area (Å²) in [5, 5.41) is 7.88. The Kier molecular flexibility index (Phi) is 6.04. The Morgan fingerprint density at radius 1 is 1.38 bits per heavy atom. The van der Waals surface area contributed by atoms with Gasteiger partial charge in [0.25, 0.3) is 5.91 Å². The van der Waals surface area contributed by atoms with Gasteiger partial charge >= 0.3 is 0 Å². The van der Waals surface area contributed by atoms with Crippen LogP contribution in [0.1, 0.15) is 31.7 Å². The number of carbonyl (C=O) groups excluding carboxylic acids is 2. The zero-order chi connectivity index (χ0) is 18.7. The lowest BCUT2D eigenvalue weighted by Crippen LogP contribution is -2.48. The Morgan fingerprint density at radius 3 is 2.92 bits per heavy atom. The van der Waals surface area contributed by atoms with Gasteiger partial charge in [-0.15, -0.1) is 0 Å². The monoisotopic (exact) mass is 397 g/mol. The zero-order valence-corrected chi connectivity index (χ0v) is 16.0. The van der Waals surface area contributed by atoms with E-state index < -0.39 is 6.10 Å². The lowest BCUT2D eigenvalue weighted by molar-refractivity contribution is -0.145. The van der Waals surface area contributed by atoms with Crippen molar-refractivity contribution in [2.45, 2.75) is 32.3 Å². The highest BCUT2D eigenvalue weighted by Gasteiger charge is 2.36. The Morgan fingerprint density at radius 2 is 2.19 bits per heavy atom. The zero-order valence-electron chi connectivity index (χ0n) is 14.5. The van der Waals surface area contributed by atoms with E-state index in [0.717, 1.165) is 12.8 Å². The van der Waals surface area contributed by atoms with Crippen LogP contribution in [0.2, 0.25) is 10.0 Å². The molecule has 0 radical (unpaired) electrons. The third-order valence-corrected chi connectivity index (χ3v) is 5.19. The fourth-order valence-corrected chi connectivity index (χ4v) is 3.82. The number of halogens is 2. The summed E-state index contributed by atoms with van der Waals surface area (Å²) >= 11 is 12.1. The van der Waals surface area contributed by atoms with Gasteiger partial charge in [0.05, 0.1) is 16.7 Å². The number of benzene rings is 1. The van der Waals surface area contributed by atoms with Crippen molar-refractivity contribution in [2.75, 3.05) is 19.6 Å². The van der Waals surface area contributed by atoms with E-state index in [0.29, 0.717) is 47.4 Å². The quantitative estimate of drug-likeness (QED) is 0.848. The molecule has 2 aliphatic heterocycles. The predicted octanol–water partition coefficient (Wildman–Crippen LogP) is 2.86. The van der Waals surface area contributed by atoms with Crippen molar-refractivity contribution in [1.29, 1.82) is 0 Å². The molecular weight excluding hydrogens is 377 g/mol. The van der Waals surface area contributed by atoms with Gasteiger partial charge in [-0.1, -0.05) is 34.4 Å². The number of likely N-dealkylation sites (tertiary alicyclic amines) is 1. The summed E-state index contributed by atoms with van der Waals surface area (Å²) in [6.45, 7) is 3.53. The van der Waals surface area contributed by atoms with E-state index in [1.165, 1.54) is 0 Å². The van der Waals surface area contributed by atoms with Gasteiger partial charge in [0.2, 0.25) is 12.0 Å². The van der Waals surface area contributed by atoms with Crippen LogP contribution in [0, 0.1) is 5.92 Å². The maximum absolute atomic E-state index is 12.8. The van der Waals surface area contributed by atoms with Crippen molar-refractivity contribution < 1.29 is 14.4 Å². The number of nitrogens with zero attached hydrogens (tertiary/aromatic N) is 2. The van der Waals surface area contributed by atoms with Crippen molar-refractivity contribution in [2.24, 2.45) is 11.1 Å². The third-order valence-electron chi connectivity index (χ3n) is 4.64. The second-order valence-electron chi connectivity index (χ2n) is 6.48. The predicted molar refractivity (Wildman–Crippen MR) is 100 cm³/mol. The highest BCUT2D eigenvalue weighted by Crippen LogP contribution is 2.27. The molecule has 0 bridgehead atoms. The van der Waals surface area contributed by atoms with Crippen LogP contribution in [0.15, 0.2) is 23.4 Å². The van der Waals surface area contributed by atoms with Crippen LogP contribution in [0.5, 0.6) is 0 Å². The lowest BCUT2D eigenvalue weighted by atomic mass is 9.96. The first-order valence-corrected chi connectivity index (χ1v) is 9.49. The molecule has 8 heteroatoms. The summed E-state index contributed by atoms with van der Waals surface area (Å²) < 4.78 is 0. The van der Waals surface area contributed by atoms with Crippen LogP contribution in [0.3, 0.4) is 0 Å². The molecule has 0 aromatic heterocycles. The van der Waals surface area contributed by atoms with E-state index in [9.17, 15) is 9.59 Å². The minimum absolute atomic E-state index is 0.00206. The summed E-state index contributed by atoms with van der Waals surface area (Å²) in [4.78, 5) is 31.9. The number of rotatable bonds is 4. The van der Waals surface area contributed by atoms with Gasteiger partial charge in [0.1, 0.15) is 0 Å². The molecule has 140 valence electrons. The fraction of sp³-hybridized carbons (Fsp3) is 0.500. The maximum atomic E-state index is 12.8. The first-order valence-electron chi connectivity index (χ1n) is 8.74. The van der Waals surface area contributed by atoms with Crippen LogP contribution in [-0.2, 0) is 14.4 Å². The first-order chi connectivity index (χ1) is 12.5. The molecule has 2 aliphatic rings. The summed E-state index contributed by atoms with van der Waals surface area (Å²) in [7, 11) is 0. The first kappa shape index (κ1) is 19.0. The standard InChI is InChI=1S/C18H21Cl2N3O3/c1-2-21-17(24)11-4-3-7-23(10-11)18(25)16-9-15(22-26-16)13-6-5-12(19)8-14(13)20/h5-6,8,11,16H,2-4,7,9-10H2,1H3,(H,21,24)/t11-,16-/m0/s1. The number of amides is 2. The third kappa shape index (κ3) is 4.13. The SMILES string of the molecule is CCNC(=O)[C@H]1CCCN(C(=O)[C@@H]2CC(c3ccc(Cl)cc3Cl)=NO2)C1. The Labute approximate surface area is 162 Å². The number of nitrogens with one attached hydrogen (secondary N) is 1. The summed E-state index contributed by atoms with van der Waals surface area (Å²) in [5.74, 6) is -0.301. The normalized spacial score (nSPS) is 22.6. The van der Waals surface area contributed by atoms with Gasteiger partial charge in [-0.05, 0) is 31.9 Å². The lowest BCUT2D eigenvalue weighted by Gasteiger charge is -2.33. The van der Waals surface area contributed by atoms with Crippen molar-refractivity contribution >= 4 is 40.7 Å². The van der Waals surface area contributed by atoms with Gasteiger partial charge in [0.15, 0.2) is 0 Å². The molecule has 1 N–H and O–H groups in total. The summed E-state index contributed by atoms with van der Waals surface area (Å²) in [6.07, 6.45) is 1.27. The van der Waals surface area contributed by atoms with E-state index in [1.807, 2.05) is 6.92 Å². The second-order valence-corrected chi connectivity index (χ2v) is 7.32. The van der Waals surface area contributed by atoms with E-state index in [2.05, 4.69) is 10.5 Å². The number of oxime groups is 1. The minimum atomic E-state index is -0.676. The van der Waals surface area contributed by atoms with Gasteiger partial charge in [-0.2, -0.15) is 0 Å². The smallest absolute Gasteiger partial charge is 0.266 e. The van der Waals surface area contributed by atoms with Crippen molar-refractivity contribution in [3.8, 4) is 0 Å². The molecule has 2 atom stereocenters.